The lowest BCUT2D eigenvalue weighted by atomic mass is 10.1. The SMILES string of the molecule is CNCC(O)c1cc(Cl)c(OC)c(F)c1OC. The maximum absolute atomic E-state index is 13.9. The maximum atomic E-state index is 13.9. The van der Waals surface area contributed by atoms with Crippen LogP contribution in [-0.2, 0) is 0 Å². The van der Waals surface area contributed by atoms with Gasteiger partial charge in [0.15, 0.2) is 11.5 Å². The van der Waals surface area contributed by atoms with Crippen molar-refractivity contribution in [2.24, 2.45) is 0 Å². The number of likely N-dealkylation sites (N-methyl/N-ethyl adjacent to an activating group) is 1. The van der Waals surface area contributed by atoms with E-state index in [-0.39, 0.29) is 28.6 Å². The summed E-state index contributed by atoms with van der Waals surface area (Å²) in [4.78, 5) is 0. The Bertz CT molecular complexity index is 401. The number of nitrogens with one attached hydrogen (secondary N) is 1. The molecule has 0 radical (unpaired) electrons. The molecule has 4 nitrogen and oxygen atoms in total. The highest BCUT2D eigenvalue weighted by Crippen LogP contribution is 2.39. The fourth-order valence-electron chi connectivity index (χ4n) is 1.55. The molecule has 1 atom stereocenters. The molecule has 0 fully saturated rings. The molecule has 96 valence electrons. The van der Waals surface area contributed by atoms with Crippen LogP contribution in [0.5, 0.6) is 11.5 Å². The van der Waals surface area contributed by atoms with Crippen molar-refractivity contribution in [3.63, 3.8) is 0 Å². The molecular weight excluding hydrogens is 249 g/mol. The van der Waals surface area contributed by atoms with Crippen LogP contribution in [0.15, 0.2) is 6.07 Å². The monoisotopic (exact) mass is 263 g/mol. The molecule has 0 aliphatic heterocycles. The van der Waals surface area contributed by atoms with Gasteiger partial charge in [0.05, 0.1) is 25.3 Å². The fourth-order valence-corrected chi connectivity index (χ4v) is 1.83. The van der Waals surface area contributed by atoms with E-state index in [4.69, 9.17) is 21.1 Å². The van der Waals surface area contributed by atoms with E-state index < -0.39 is 11.9 Å². The lowest BCUT2D eigenvalue weighted by Gasteiger charge is -2.17. The Morgan fingerprint density at radius 3 is 2.47 bits per heavy atom. The minimum Gasteiger partial charge on any atom is -0.493 e. The average Bonchev–Trinajstić information content (AvgIpc) is 2.29. The Morgan fingerprint density at radius 2 is 2.00 bits per heavy atom. The fraction of sp³-hybridized carbons (Fsp3) is 0.455. The smallest absolute Gasteiger partial charge is 0.208 e. The third kappa shape index (κ3) is 2.80. The minimum atomic E-state index is -0.909. The van der Waals surface area contributed by atoms with E-state index in [2.05, 4.69) is 5.32 Å². The topological polar surface area (TPSA) is 50.7 Å². The molecule has 6 heteroatoms. The van der Waals surface area contributed by atoms with Crippen molar-refractivity contribution >= 4 is 11.6 Å². The van der Waals surface area contributed by atoms with Gasteiger partial charge in [0.1, 0.15) is 0 Å². The first-order valence-corrected chi connectivity index (χ1v) is 5.37. The number of halogens is 2. The first-order valence-electron chi connectivity index (χ1n) is 4.99. The van der Waals surface area contributed by atoms with Crippen molar-refractivity contribution < 1.29 is 19.0 Å². The molecule has 2 N–H and O–H groups in total. The van der Waals surface area contributed by atoms with Gasteiger partial charge in [-0.15, -0.1) is 0 Å². The highest BCUT2D eigenvalue weighted by atomic mass is 35.5. The number of hydrogen-bond acceptors (Lipinski definition) is 4. The molecule has 0 spiro atoms. The number of ether oxygens (including phenoxy) is 2. The van der Waals surface area contributed by atoms with Crippen LogP contribution in [0.1, 0.15) is 11.7 Å². The van der Waals surface area contributed by atoms with Gasteiger partial charge in [-0.2, -0.15) is 4.39 Å². The van der Waals surface area contributed by atoms with Crippen LogP contribution < -0.4 is 14.8 Å². The van der Waals surface area contributed by atoms with Crippen LogP contribution in [0.4, 0.5) is 4.39 Å². The van der Waals surface area contributed by atoms with Gasteiger partial charge < -0.3 is 19.9 Å². The summed E-state index contributed by atoms with van der Waals surface area (Å²) in [5.41, 5.74) is 0.283. The van der Waals surface area contributed by atoms with Crippen LogP contribution in [-0.4, -0.2) is 32.9 Å². The Hall–Kier alpha value is -1.04. The van der Waals surface area contributed by atoms with Crippen molar-refractivity contribution in [2.45, 2.75) is 6.10 Å². The van der Waals surface area contributed by atoms with Crippen LogP contribution >= 0.6 is 11.6 Å². The highest BCUT2D eigenvalue weighted by Gasteiger charge is 2.22. The molecule has 0 aliphatic rings. The van der Waals surface area contributed by atoms with E-state index in [1.165, 1.54) is 20.3 Å². The summed E-state index contributed by atoms with van der Waals surface area (Å²) in [6, 6.07) is 1.43. The lowest BCUT2D eigenvalue weighted by molar-refractivity contribution is 0.172. The summed E-state index contributed by atoms with van der Waals surface area (Å²) in [5, 5.41) is 12.7. The molecule has 1 aromatic rings. The lowest BCUT2D eigenvalue weighted by Crippen LogP contribution is -2.17. The zero-order chi connectivity index (χ0) is 13.0. The first kappa shape index (κ1) is 14.0. The van der Waals surface area contributed by atoms with Crippen molar-refractivity contribution in [1.29, 1.82) is 0 Å². The third-order valence-corrected chi connectivity index (χ3v) is 2.61. The normalized spacial score (nSPS) is 12.4. The second-order valence-corrected chi connectivity index (χ2v) is 3.81. The van der Waals surface area contributed by atoms with Crippen molar-refractivity contribution in [3.05, 3.63) is 22.5 Å². The first-order chi connectivity index (χ1) is 8.06. The maximum Gasteiger partial charge on any atom is 0.208 e. The van der Waals surface area contributed by atoms with Crippen LogP contribution in [0.2, 0.25) is 5.02 Å². The Labute approximate surface area is 104 Å². The van der Waals surface area contributed by atoms with Crippen molar-refractivity contribution in [2.75, 3.05) is 27.8 Å². The summed E-state index contributed by atoms with van der Waals surface area (Å²) in [5.74, 6) is -0.870. The second-order valence-electron chi connectivity index (χ2n) is 3.40. The Balaban J connectivity index is 3.31. The average molecular weight is 264 g/mol. The molecule has 0 amide bonds. The standard InChI is InChI=1S/C11H15ClFNO3/c1-14-5-8(15)6-4-7(12)11(17-3)9(13)10(6)16-2/h4,8,14-15H,5H2,1-3H3. The van der Waals surface area contributed by atoms with E-state index >= 15 is 0 Å². The van der Waals surface area contributed by atoms with Crippen LogP contribution in [0, 0.1) is 5.82 Å². The predicted octanol–water partition coefficient (Wildman–Crippen LogP) is 1.75. The number of rotatable bonds is 5. The van der Waals surface area contributed by atoms with Crippen molar-refractivity contribution in [1.82, 2.24) is 5.32 Å². The summed E-state index contributed by atoms with van der Waals surface area (Å²) in [7, 11) is 4.31. The molecule has 0 aliphatic carbocycles. The third-order valence-electron chi connectivity index (χ3n) is 2.32. The van der Waals surface area contributed by atoms with Gasteiger partial charge in [0.25, 0.3) is 0 Å². The van der Waals surface area contributed by atoms with Gasteiger partial charge in [-0.3, -0.25) is 0 Å². The summed E-state index contributed by atoms with van der Waals surface area (Å²) in [6.45, 7) is 0.262. The summed E-state index contributed by atoms with van der Waals surface area (Å²) < 4.78 is 23.7. The molecule has 0 saturated heterocycles. The van der Waals surface area contributed by atoms with Crippen LogP contribution in [0.25, 0.3) is 0 Å². The Kier molecular flexibility index (Phi) is 4.99. The predicted molar refractivity (Wildman–Crippen MR) is 63.4 cm³/mol. The number of methoxy groups -OCH3 is 2. The van der Waals surface area contributed by atoms with E-state index in [1.807, 2.05) is 0 Å². The number of hydrogen-bond donors (Lipinski definition) is 2. The van der Waals surface area contributed by atoms with Crippen LogP contribution in [0.3, 0.4) is 0 Å². The van der Waals surface area contributed by atoms with Gasteiger partial charge in [-0.05, 0) is 13.1 Å². The molecule has 1 rings (SSSR count). The number of aliphatic hydroxyl groups excluding tert-OH is 1. The second kappa shape index (κ2) is 6.05. The molecule has 0 heterocycles. The quantitative estimate of drug-likeness (QED) is 0.850. The molecular formula is C11H15ClFNO3. The zero-order valence-electron chi connectivity index (χ0n) is 9.88. The van der Waals surface area contributed by atoms with E-state index in [9.17, 15) is 9.50 Å². The molecule has 17 heavy (non-hydrogen) atoms. The van der Waals surface area contributed by atoms with E-state index in [0.29, 0.717) is 0 Å². The Morgan fingerprint density at radius 1 is 1.41 bits per heavy atom. The number of aliphatic hydroxyl groups is 1. The highest BCUT2D eigenvalue weighted by molar-refractivity contribution is 6.32. The summed E-state index contributed by atoms with van der Waals surface area (Å²) >= 11 is 5.86. The van der Waals surface area contributed by atoms with E-state index in [1.54, 1.807) is 7.05 Å². The molecule has 1 unspecified atom stereocenters. The molecule has 0 bridgehead atoms. The van der Waals surface area contributed by atoms with Gasteiger partial charge in [0.2, 0.25) is 5.82 Å². The van der Waals surface area contributed by atoms with Gasteiger partial charge in [-0.1, -0.05) is 11.6 Å². The molecule has 0 aromatic heterocycles. The van der Waals surface area contributed by atoms with E-state index in [0.717, 1.165) is 0 Å². The van der Waals surface area contributed by atoms with Crippen molar-refractivity contribution in [3.8, 4) is 11.5 Å². The van der Waals surface area contributed by atoms with Gasteiger partial charge in [-0.25, -0.2) is 0 Å². The largest absolute Gasteiger partial charge is 0.493 e. The van der Waals surface area contributed by atoms with Gasteiger partial charge in [0, 0.05) is 12.1 Å². The molecule has 1 aromatic carbocycles. The number of benzene rings is 1. The zero-order valence-corrected chi connectivity index (χ0v) is 10.6. The minimum absolute atomic E-state index is 0.0611. The van der Waals surface area contributed by atoms with Gasteiger partial charge >= 0.3 is 0 Å². The molecule has 0 saturated carbocycles. The summed E-state index contributed by atoms with van der Waals surface area (Å²) in [6.07, 6.45) is -0.909.